The van der Waals surface area contributed by atoms with Crippen LogP contribution in [0.4, 0.5) is 4.79 Å². The maximum Gasteiger partial charge on any atom is 0.407 e. The van der Waals surface area contributed by atoms with Gasteiger partial charge in [0.1, 0.15) is 6.04 Å². The molecule has 0 unspecified atom stereocenters. The molecule has 0 rings (SSSR count). The van der Waals surface area contributed by atoms with Gasteiger partial charge in [-0.1, -0.05) is 13.8 Å². The lowest BCUT2D eigenvalue weighted by molar-refractivity contribution is -0.148. The van der Waals surface area contributed by atoms with Crippen LogP contribution in [0, 0.1) is 5.92 Å². The van der Waals surface area contributed by atoms with Crippen LogP contribution < -0.4 is 5.32 Å². The Bertz CT molecular complexity index is 315. The predicted octanol–water partition coefficient (Wildman–Crippen LogP) is 1.17. The number of carboxylic acids is 1. The Morgan fingerprint density at radius 1 is 1.21 bits per heavy atom. The molecule has 1 amide bonds. The van der Waals surface area contributed by atoms with Crippen molar-refractivity contribution < 1.29 is 29.0 Å². The fraction of sp³-hybridized carbons (Fsp3) is 0.750. The highest BCUT2D eigenvalue weighted by Gasteiger charge is 2.26. The Hall–Kier alpha value is -1.79. The first-order valence-corrected chi connectivity index (χ1v) is 6.20. The number of hydrogen-bond acceptors (Lipinski definition) is 5. The molecule has 0 radical (unpaired) electrons. The van der Waals surface area contributed by atoms with Gasteiger partial charge in [-0.05, 0) is 19.3 Å². The second-order valence-electron chi connectivity index (χ2n) is 4.25. The first-order valence-electron chi connectivity index (χ1n) is 6.20. The summed E-state index contributed by atoms with van der Waals surface area (Å²) in [6.45, 7) is 5.40. The van der Waals surface area contributed by atoms with Gasteiger partial charge in [0.2, 0.25) is 0 Å². The van der Waals surface area contributed by atoms with E-state index in [0.29, 0.717) is 0 Å². The average molecular weight is 275 g/mol. The summed E-state index contributed by atoms with van der Waals surface area (Å²) in [7, 11) is 0. The number of nitrogens with one attached hydrogen (secondary N) is 1. The minimum atomic E-state index is -0.943. The van der Waals surface area contributed by atoms with Gasteiger partial charge in [0.05, 0.1) is 13.2 Å². The van der Waals surface area contributed by atoms with Crippen LogP contribution in [0.5, 0.6) is 0 Å². The summed E-state index contributed by atoms with van der Waals surface area (Å²) in [5, 5.41) is 10.9. The number of amides is 1. The number of alkyl carbamates (subject to hydrolysis) is 1. The molecule has 0 aromatic heterocycles. The summed E-state index contributed by atoms with van der Waals surface area (Å²) in [6, 6.07) is -0.802. The second kappa shape index (κ2) is 9.18. The van der Waals surface area contributed by atoms with Crippen LogP contribution in [0.3, 0.4) is 0 Å². The van der Waals surface area contributed by atoms with Gasteiger partial charge < -0.3 is 19.9 Å². The molecule has 0 saturated carbocycles. The Morgan fingerprint density at radius 2 is 1.84 bits per heavy atom. The smallest absolute Gasteiger partial charge is 0.407 e. The molecular weight excluding hydrogens is 254 g/mol. The van der Waals surface area contributed by atoms with Crippen molar-refractivity contribution >= 4 is 18.0 Å². The molecule has 0 heterocycles. The molecule has 0 bridgehead atoms. The lowest BCUT2D eigenvalue weighted by Crippen LogP contribution is -2.45. The molecule has 1 atom stereocenters. The van der Waals surface area contributed by atoms with E-state index in [-0.39, 0.29) is 32.0 Å². The van der Waals surface area contributed by atoms with E-state index in [1.165, 1.54) is 0 Å². The molecule has 2 N–H and O–H groups in total. The Balaban J connectivity index is 4.18. The molecule has 0 aliphatic rings. The van der Waals surface area contributed by atoms with Gasteiger partial charge in [-0.3, -0.25) is 4.79 Å². The van der Waals surface area contributed by atoms with Gasteiger partial charge in [-0.2, -0.15) is 0 Å². The highest BCUT2D eigenvalue weighted by atomic mass is 16.6. The Morgan fingerprint density at radius 3 is 2.32 bits per heavy atom. The van der Waals surface area contributed by atoms with Crippen molar-refractivity contribution in [3.63, 3.8) is 0 Å². The molecular formula is C12H21NO6. The number of rotatable bonds is 8. The first-order chi connectivity index (χ1) is 8.88. The highest BCUT2D eigenvalue weighted by Crippen LogP contribution is 2.05. The van der Waals surface area contributed by atoms with E-state index in [4.69, 9.17) is 14.6 Å². The first kappa shape index (κ1) is 17.2. The number of esters is 1. The van der Waals surface area contributed by atoms with Crippen molar-refractivity contribution in [3.05, 3.63) is 0 Å². The van der Waals surface area contributed by atoms with Crippen molar-refractivity contribution in [2.24, 2.45) is 5.92 Å². The zero-order valence-electron chi connectivity index (χ0n) is 11.5. The SMILES string of the molecule is CCOC(=O)N[C@H](C(=O)OCCCC(=O)O)C(C)C. The van der Waals surface area contributed by atoms with Gasteiger partial charge in [-0.15, -0.1) is 0 Å². The number of ether oxygens (including phenoxy) is 2. The van der Waals surface area contributed by atoms with E-state index in [0.717, 1.165) is 0 Å². The van der Waals surface area contributed by atoms with E-state index in [2.05, 4.69) is 5.32 Å². The monoisotopic (exact) mass is 275 g/mol. The summed E-state index contributed by atoms with van der Waals surface area (Å²) in [5.41, 5.74) is 0. The molecule has 0 aromatic rings. The third-order valence-corrected chi connectivity index (χ3v) is 2.25. The normalized spacial score (nSPS) is 11.8. The zero-order valence-corrected chi connectivity index (χ0v) is 11.5. The molecule has 0 aliphatic heterocycles. The summed E-state index contributed by atoms with van der Waals surface area (Å²) in [6.07, 6.45) is -0.500. The number of carbonyl (C=O) groups excluding carboxylic acids is 2. The molecule has 7 heteroatoms. The quantitative estimate of drug-likeness (QED) is 0.509. The van der Waals surface area contributed by atoms with E-state index >= 15 is 0 Å². The van der Waals surface area contributed by atoms with E-state index < -0.39 is 24.1 Å². The van der Waals surface area contributed by atoms with Crippen LogP contribution in [0.2, 0.25) is 0 Å². The third kappa shape index (κ3) is 8.01. The van der Waals surface area contributed by atoms with E-state index in [9.17, 15) is 14.4 Å². The zero-order chi connectivity index (χ0) is 14.8. The van der Waals surface area contributed by atoms with Crippen molar-refractivity contribution in [1.29, 1.82) is 0 Å². The van der Waals surface area contributed by atoms with Crippen molar-refractivity contribution in [1.82, 2.24) is 5.32 Å². The van der Waals surface area contributed by atoms with Crippen LogP contribution in [-0.2, 0) is 19.1 Å². The van der Waals surface area contributed by atoms with Gasteiger partial charge in [0.25, 0.3) is 0 Å². The largest absolute Gasteiger partial charge is 0.481 e. The molecule has 110 valence electrons. The summed E-state index contributed by atoms with van der Waals surface area (Å²) >= 11 is 0. The maximum absolute atomic E-state index is 11.7. The van der Waals surface area contributed by atoms with Crippen LogP contribution >= 0.6 is 0 Å². The van der Waals surface area contributed by atoms with Crippen molar-refractivity contribution in [2.75, 3.05) is 13.2 Å². The predicted molar refractivity (Wildman–Crippen MR) is 66.6 cm³/mol. The second-order valence-corrected chi connectivity index (χ2v) is 4.25. The lowest BCUT2D eigenvalue weighted by Gasteiger charge is -2.20. The van der Waals surface area contributed by atoms with Crippen LogP contribution in [0.1, 0.15) is 33.6 Å². The van der Waals surface area contributed by atoms with Crippen molar-refractivity contribution in [3.8, 4) is 0 Å². The molecule has 19 heavy (non-hydrogen) atoms. The number of carboxylic acid groups (broad SMARTS) is 1. The minimum Gasteiger partial charge on any atom is -0.481 e. The highest BCUT2D eigenvalue weighted by molar-refractivity contribution is 5.81. The van der Waals surface area contributed by atoms with Gasteiger partial charge >= 0.3 is 18.0 Å². The lowest BCUT2D eigenvalue weighted by atomic mass is 10.1. The van der Waals surface area contributed by atoms with Crippen LogP contribution in [-0.4, -0.2) is 42.4 Å². The van der Waals surface area contributed by atoms with E-state index in [1.54, 1.807) is 20.8 Å². The summed E-state index contributed by atoms with van der Waals surface area (Å²) in [5.74, 6) is -1.69. The molecule has 0 aliphatic carbocycles. The van der Waals surface area contributed by atoms with Crippen LogP contribution in [0.25, 0.3) is 0 Å². The minimum absolute atomic E-state index is 0.0128. The summed E-state index contributed by atoms with van der Waals surface area (Å²) in [4.78, 5) is 33.3. The van der Waals surface area contributed by atoms with E-state index in [1.807, 2.05) is 0 Å². The Labute approximate surface area is 112 Å². The van der Waals surface area contributed by atoms with Gasteiger partial charge in [0, 0.05) is 6.42 Å². The maximum atomic E-state index is 11.7. The van der Waals surface area contributed by atoms with Gasteiger partial charge in [0.15, 0.2) is 0 Å². The molecule has 0 saturated heterocycles. The van der Waals surface area contributed by atoms with Gasteiger partial charge in [-0.25, -0.2) is 9.59 Å². The fourth-order valence-electron chi connectivity index (χ4n) is 1.28. The van der Waals surface area contributed by atoms with Crippen molar-refractivity contribution in [2.45, 2.75) is 39.7 Å². The molecule has 0 fully saturated rings. The fourth-order valence-corrected chi connectivity index (χ4v) is 1.28. The Kier molecular flexibility index (Phi) is 8.32. The number of hydrogen-bond donors (Lipinski definition) is 2. The number of aliphatic carboxylic acids is 1. The summed E-state index contributed by atoms with van der Waals surface area (Å²) < 4.78 is 9.62. The third-order valence-electron chi connectivity index (χ3n) is 2.25. The van der Waals surface area contributed by atoms with Crippen LogP contribution in [0.15, 0.2) is 0 Å². The molecule has 0 spiro atoms. The molecule has 7 nitrogen and oxygen atoms in total. The average Bonchev–Trinajstić information content (AvgIpc) is 2.31. The standard InChI is InChI=1S/C12H21NO6/c1-4-18-12(17)13-10(8(2)3)11(16)19-7-5-6-9(14)15/h8,10H,4-7H2,1-3H3,(H,13,17)(H,14,15)/t10-/m0/s1. The molecule has 0 aromatic carbocycles. The topological polar surface area (TPSA) is 102 Å². The number of carbonyl (C=O) groups is 3.